The molecule has 0 saturated heterocycles. The molecule has 4 nitrogen and oxygen atoms in total. The van der Waals surface area contributed by atoms with Crippen molar-refractivity contribution in [2.75, 3.05) is 0 Å². The molecule has 0 unspecified atom stereocenters. The van der Waals surface area contributed by atoms with Crippen molar-refractivity contribution in [3.63, 3.8) is 0 Å². The van der Waals surface area contributed by atoms with Gasteiger partial charge in [-0.05, 0) is 24.4 Å². The van der Waals surface area contributed by atoms with E-state index < -0.39 is 0 Å². The van der Waals surface area contributed by atoms with E-state index in [2.05, 4.69) is 10.1 Å². The van der Waals surface area contributed by atoms with Crippen LogP contribution in [0.25, 0.3) is 10.8 Å². The van der Waals surface area contributed by atoms with Gasteiger partial charge in [0.05, 0.1) is 5.69 Å². The van der Waals surface area contributed by atoms with Crippen LogP contribution in [0.3, 0.4) is 0 Å². The van der Waals surface area contributed by atoms with E-state index in [0.29, 0.717) is 11.3 Å². The fourth-order valence-electron chi connectivity index (χ4n) is 2.28. The third-order valence-corrected chi connectivity index (χ3v) is 3.16. The molecule has 0 bridgehead atoms. The van der Waals surface area contributed by atoms with Crippen molar-refractivity contribution in [1.29, 1.82) is 0 Å². The smallest absolute Gasteiger partial charge is 0.211 e. The van der Waals surface area contributed by atoms with Crippen molar-refractivity contribution in [1.82, 2.24) is 14.8 Å². The van der Waals surface area contributed by atoms with Crippen molar-refractivity contribution >= 4 is 16.6 Å². The van der Waals surface area contributed by atoms with Crippen LogP contribution < -0.4 is 0 Å². The molecule has 19 heavy (non-hydrogen) atoms. The number of hydrogen-bond acceptors (Lipinski definition) is 3. The molecule has 2 aromatic heterocycles. The van der Waals surface area contributed by atoms with E-state index >= 15 is 0 Å². The quantitative estimate of drug-likeness (QED) is 0.657. The van der Waals surface area contributed by atoms with E-state index in [0.717, 1.165) is 16.5 Å². The number of carbonyl (C=O) groups is 1. The molecule has 4 heteroatoms. The van der Waals surface area contributed by atoms with E-state index in [1.165, 1.54) is 0 Å². The first kappa shape index (κ1) is 11.6. The van der Waals surface area contributed by atoms with Crippen LogP contribution in [0.15, 0.2) is 42.7 Å². The third kappa shape index (κ3) is 1.91. The Labute approximate surface area is 110 Å². The van der Waals surface area contributed by atoms with Crippen LogP contribution in [0, 0.1) is 6.92 Å². The Morgan fingerprint density at radius 1 is 1.26 bits per heavy atom. The number of pyridine rings is 1. The largest absolute Gasteiger partial charge is 0.287 e. The zero-order valence-electron chi connectivity index (χ0n) is 10.8. The highest BCUT2D eigenvalue weighted by Gasteiger charge is 2.16. The summed E-state index contributed by atoms with van der Waals surface area (Å²) in [7, 11) is 1.78. The summed E-state index contributed by atoms with van der Waals surface area (Å²) < 4.78 is 1.62. The molecule has 0 aliphatic heterocycles. The van der Waals surface area contributed by atoms with Crippen LogP contribution in [0.2, 0.25) is 0 Å². The van der Waals surface area contributed by atoms with Crippen LogP contribution >= 0.6 is 0 Å². The lowest BCUT2D eigenvalue weighted by Gasteiger charge is -2.05. The summed E-state index contributed by atoms with van der Waals surface area (Å²) in [5.74, 6) is -0.0140. The standard InChI is InChI=1S/C15H13N3O/c1-10-8-14(18(2)17-10)15(19)13-5-3-4-11-9-16-7-6-12(11)13/h3-9H,1-2H3. The number of benzene rings is 1. The first-order valence-electron chi connectivity index (χ1n) is 6.05. The lowest BCUT2D eigenvalue weighted by Crippen LogP contribution is -2.08. The predicted octanol–water partition coefficient (Wildman–Crippen LogP) is 2.51. The van der Waals surface area contributed by atoms with Gasteiger partial charge in [-0.3, -0.25) is 14.5 Å². The first-order chi connectivity index (χ1) is 9.16. The number of nitrogens with zero attached hydrogens (tertiary/aromatic N) is 3. The molecule has 94 valence electrons. The molecule has 0 amide bonds. The maximum atomic E-state index is 12.6. The van der Waals surface area contributed by atoms with Gasteiger partial charge in [-0.25, -0.2) is 0 Å². The van der Waals surface area contributed by atoms with Gasteiger partial charge < -0.3 is 0 Å². The van der Waals surface area contributed by atoms with Gasteiger partial charge in [0.15, 0.2) is 0 Å². The van der Waals surface area contributed by atoms with Gasteiger partial charge in [-0.1, -0.05) is 18.2 Å². The zero-order valence-corrected chi connectivity index (χ0v) is 10.8. The molecule has 3 aromatic rings. The number of carbonyl (C=O) groups excluding carboxylic acids is 1. The maximum Gasteiger partial charge on any atom is 0.211 e. The first-order valence-corrected chi connectivity index (χ1v) is 6.05. The average molecular weight is 251 g/mol. The van der Waals surface area contributed by atoms with E-state index in [9.17, 15) is 4.79 Å². The second-order valence-electron chi connectivity index (χ2n) is 4.53. The Kier molecular flexibility index (Phi) is 2.63. The van der Waals surface area contributed by atoms with Crippen LogP contribution in [0.1, 0.15) is 21.7 Å². The minimum Gasteiger partial charge on any atom is -0.287 e. The molecule has 0 radical (unpaired) electrons. The van der Waals surface area contributed by atoms with Gasteiger partial charge in [0.25, 0.3) is 0 Å². The number of fused-ring (bicyclic) bond motifs is 1. The molecule has 0 aliphatic carbocycles. The lowest BCUT2D eigenvalue weighted by atomic mass is 10.0. The normalized spacial score (nSPS) is 10.8. The SMILES string of the molecule is Cc1cc(C(=O)c2cccc3cnccc23)n(C)n1. The molecule has 3 rings (SSSR count). The molecule has 0 fully saturated rings. The molecule has 0 N–H and O–H groups in total. The number of aryl methyl sites for hydroxylation is 2. The van der Waals surface area contributed by atoms with Gasteiger partial charge >= 0.3 is 0 Å². The Hall–Kier alpha value is -2.49. The number of rotatable bonds is 2. The highest BCUT2D eigenvalue weighted by molar-refractivity contribution is 6.15. The summed E-state index contributed by atoms with van der Waals surface area (Å²) >= 11 is 0. The lowest BCUT2D eigenvalue weighted by molar-refractivity contribution is 0.103. The van der Waals surface area contributed by atoms with E-state index in [1.54, 1.807) is 24.1 Å². The van der Waals surface area contributed by atoms with Gasteiger partial charge in [-0.15, -0.1) is 0 Å². The van der Waals surface area contributed by atoms with Gasteiger partial charge in [0, 0.05) is 30.4 Å². The summed E-state index contributed by atoms with van der Waals surface area (Å²) in [4.78, 5) is 16.7. The van der Waals surface area contributed by atoms with Gasteiger partial charge in [-0.2, -0.15) is 5.10 Å². The number of aromatic nitrogens is 3. The molecule has 2 heterocycles. The summed E-state index contributed by atoms with van der Waals surface area (Å²) in [6, 6.07) is 9.34. The van der Waals surface area contributed by atoms with Crippen LogP contribution in [-0.2, 0) is 7.05 Å². The molecular formula is C15H13N3O. The Balaban J connectivity index is 2.19. The van der Waals surface area contributed by atoms with Gasteiger partial charge in [0.2, 0.25) is 5.78 Å². The van der Waals surface area contributed by atoms with Crippen LogP contribution in [0.5, 0.6) is 0 Å². The van der Waals surface area contributed by atoms with E-state index in [-0.39, 0.29) is 5.78 Å². The predicted molar refractivity (Wildman–Crippen MR) is 73.1 cm³/mol. The Bertz CT molecular complexity index is 769. The molecule has 0 saturated carbocycles. The summed E-state index contributed by atoms with van der Waals surface area (Å²) in [6.07, 6.45) is 3.47. The highest BCUT2D eigenvalue weighted by atomic mass is 16.1. The van der Waals surface area contributed by atoms with Crippen LogP contribution in [-0.4, -0.2) is 20.5 Å². The molecule has 0 atom stereocenters. The average Bonchev–Trinajstić information content (AvgIpc) is 2.76. The van der Waals surface area contributed by atoms with Crippen molar-refractivity contribution < 1.29 is 4.79 Å². The second-order valence-corrected chi connectivity index (χ2v) is 4.53. The number of hydrogen-bond donors (Lipinski definition) is 0. The van der Waals surface area contributed by atoms with Gasteiger partial charge in [0.1, 0.15) is 5.69 Å². The van der Waals surface area contributed by atoms with E-state index in [1.807, 2.05) is 37.3 Å². The minimum atomic E-state index is -0.0140. The third-order valence-electron chi connectivity index (χ3n) is 3.16. The van der Waals surface area contributed by atoms with Crippen LogP contribution in [0.4, 0.5) is 0 Å². The highest BCUT2D eigenvalue weighted by Crippen LogP contribution is 2.20. The summed E-state index contributed by atoms with van der Waals surface area (Å²) in [6.45, 7) is 1.88. The maximum absolute atomic E-state index is 12.6. The van der Waals surface area contributed by atoms with E-state index in [4.69, 9.17) is 0 Å². The van der Waals surface area contributed by atoms with Crippen molar-refractivity contribution in [2.24, 2.45) is 7.05 Å². The zero-order chi connectivity index (χ0) is 13.4. The van der Waals surface area contributed by atoms with Crippen molar-refractivity contribution in [2.45, 2.75) is 6.92 Å². The summed E-state index contributed by atoms with van der Waals surface area (Å²) in [5, 5.41) is 6.10. The Morgan fingerprint density at radius 2 is 2.11 bits per heavy atom. The fourth-order valence-corrected chi connectivity index (χ4v) is 2.28. The molecule has 0 aliphatic rings. The molecule has 1 aromatic carbocycles. The number of ketones is 1. The fraction of sp³-hybridized carbons (Fsp3) is 0.133. The Morgan fingerprint density at radius 3 is 2.84 bits per heavy atom. The van der Waals surface area contributed by atoms with Crippen molar-refractivity contribution in [3.05, 3.63) is 59.7 Å². The topological polar surface area (TPSA) is 47.8 Å². The second kappa shape index (κ2) is 4.31. The molecular weight excluding hydrogens is 238 g/mol. The van der Waals surface area contributed by atoms with Crippen molar-refractivity contribution in [3.8, 4) is 0 Å². The summed E-state index contributed by atoms with van der Waals surface area (Å²) in [5.41, 5.74) is 2.12. The molecule has 0 spiro atoms. The minimum absolute atomic E-state index is 0.0140. The monoisotopic (exact) mass is 251 g/mol.